The van der Waals surface area contributed by atoms with E-state index in [0.29, 0.717) is 23.4 Å². The molecular formula is C23H30N4O4S. The SMILES string of the molecule is CCCCn1c(CCC(=O)Nc2cccc(OC)c2)nc2cc(S(=O)(=O)N(C)C)ccc21. The third kappa shape index (κ3) is 5.28. The monoisotopic (exact) mass is 458 g/mol. The van der Waals surface area contributed by atoms with Gasteiger partial charge in [-0.3, -0.25) is 4.79 Å². The molecule has 0 spiro atoms. The highest BCUT2D eigenvalue weighted by atomic mass is 32.2. The Balaban J connectivity index is 1.83. The molecule has 3 aromatic rings. The van der Waals surface area contributed by atoms with E-state index in [-0.39, 0.29) is 17.2 Å². The van der Waals surface area contributed by atoms with Gasteiger partial charge in [-0.2, -0.15) is 0 Å². The number of aromatic nitrogens is 2. The van der Waals surface area contributed by atoms with Crippen LogP contribution < -0.4 is 10.1 Å². The summed E-state index contributed by atoms with van der Waals surface area (Å²) in [5, 5.41) is 2.88. The molecule has 0 saturated heterocycles. The number of amides is 1. The van der Waals surface area contributed by atoms with Gasteiger partial charge in [0, 0.05) is 45.2 Å². The van der Waals surface area contributed by atoms with E-state index in [1.165, 1.54) is 18.4 Å². The summed E-state index contributed by atoms with van der Waals surface area (Å²) in [6.07, 6.45) is 2.69. The first-order valence-corrected chi connectivity index (χ1v) is 12.1. The second-order valence-corrected chi connectivity index (χ2v) is 9.90. The van der Waals surface area contributed by atoms with E-state index in [1.54, 1.807) is 31.4 Å². The molecular weight excluding hydrogens is 428 g/mol. The van der Waals surface area contributed by atoms with E-state index in [4.69, 9.17) is 4.74 Å². The first kappa shape index (κ1) is 23.7. The lowest BCUT2D eigenvalue weighted by molar-refractivity contribution is -0.116. The maximum absolute atomic E-state index is 12.5. The average Bonchev–Trinajstić information content (AvgIpc) is 3.12. The highest BCUT2D eigenvalue weighted by Crippen LogP contribution is 2.24. The van der Waals surface area contributed by atoms with Crippen molar-refractivity contribution in [3.63, 3.8) is 0 Å². The fourth-order valence-corrected chi connectivity index (χ4v) is 4.36. The summed E-state index contributed by atoms with van der Waals surface area (Å²) >= 11 is 0. The lowest BCUT2D eigenvalue weighted by Gasteiger charge is -2.11. The maximum Gasteiger partial charge on any atom is 0.242 e. The molecule has 0 aliphatic rings. The summed E-state index contributed by atoms with van der Waals surface area (Å²) in [5.74, 6) is 1.32. The van der Waals surface area contributed by atoms with Crippen molar-refractivity contribution in [3.05, 3.63) is 48.3 Å². The number of sulfonamides is 1. The van der Waals surface area contributed by atoms with Crippen LogP contribution in [0.15, 0.2) is 47.4 Å². The standard InChI is InChI=1S/C23H30N4O4S/c1-5-6-14-27-21-11-10-19(32(29,30)26(2)3)16-20(21)25-22(27)12-13-23(28)24-17-8-7-9-18(15-17)31-4/h7-11,15-16H,5-6,12-14H2,1-4H3,(H,24,28). The topological polar surface area (TPSA) is 93.5 Å². The number of ether oxygens (including phenoxy) is 1. The van der Waals surface area contributed by atoms with Gasteiger partial charge in [-0.25, -0.2) is 17.7 Å². The minimum absolute atomic E-state index is 0.122. The Morgan fingerprint density at radius 3 is 2.66 bits per heavy atom. The van der Waals surface area contributed by atoms with Gasteiger partial charge in [0.2, 0.25) is 15.9 Å². The van der Waals surface area contributed by atoms with Crippen LogP contribution in [0, 0.1) is 0 Å². The van der Waals surface area contributed by atoms with Crippen LogP contribution in [-0.2, 0) is 27.8 Å². The van der Waals surface area contributed by atoms with Gasteiger partial charge in [0.25, 0.3) is 0 Å². The zero-order chi connectivity index (χ0) is 23.3. The molecule has 0 bridgehead atoms. The largest absolute Gasteiger partial charge is 0.497 e. The number of rotatable bonds is 10. The number of hydrogen-bond donors (Lipinski definition) is 1. The number of anilines is 1. The van der Waals surface area contributed by atoms with Crippen molar-refractivity contribution < 1.29 is 17.9 Å². The number of methoxy groups -OCH3 is 1. The molecule has 0 radical (unpaired) electrons. The van der Waals surface area contributed by atoms with Crippen LogP contribution >= 0.6 is 0 Å². The van der Waals surface area contributed by atoms with Crippen molar-refractivity contribution >= 4 is 32.7 Å². The van der Waals surface area contributed by atoms with Crippen LogP contribution in [0.3, 0.4) is 0 Å². The Bertz CT molecular complexity index is 1200. The van der Waals surface area contributed by atoms with Crippen molar-refractivity contribution in [1.82, 2.24) is 13.9 Å². The minimum atomic E-state index is -3.55. The summed E-state index contributed by atoms with van der Waals surface area (Å²) in [4.78, 5) is 17.4. The number of imidazole rings is 1. The van der Waals surface area contributed by atoms with Gasteiger partial charge in [0.15, 0.2) is 0 Å². The van der Waals surface area contributed by atoms with Crippen molar-refractivity contribution in [2.45, 2.75) is 44.0 Å². The number of aryl methyl sites for hydroxylation is 2. The van der Waals surface area contributed by atoms with Gasteiger partial charge in [-0.1, -0.05) is 19.4 Å². The van der Waals surface area contributed by atoms with Crippen LogP contribution in [0.4, 0.5) is 5.69 Å². The van der Waals surface area contributed by atoms with Crippen molar-refractivity contribution in [2.75, 3.05) is 26.5 Å². The third-order valence-electron chi connectivity index (χ3n) is 5.24. The molecule has 2 aromatic carbocycles. The number of nitrogens with one attached hydrogen (secondary N) is 1. The van der Waals surface area contributed by atoms with Crippen LogP contribution in [0.25, 0.3) is 11.0 Å². The number of nitrogens with zero attached hydrogens (tertiary/aromatic N) is 3. The molecule has 1 amide bonds. The Morgan fingerprint density at radius 1 is 1.19 bits per heavy atom. The molecule has 3 rings (SSSR count). The molecule has 0 fully saturated rings. The molecule has 0 atom stereocenters. The zero-order valence-corrected chi connectivity index (χ0v) is 19.8. The molecule has 1 heterocycles. The quantitative estimate of drug-likeness (QED) is 0.500. The molecule has 0 saturated carbocycles. The number of carbonyl (C=O) groups is 1. The molecule has 9 heteroatoms. The number of unbranched alkanes of at least 4 members (excludes halogenated alkanes) is 1. The van der Waals surface area contributed by atoms with Gasteiger partial charge >= 0.3 is 0 Å². The first-order valence-electron chi connectivity index (χ1n) is 10.6. The van der Waals surface area contributed by atoms with Crippen LogP contribution in [0.5, 0.6) is 5.75 Å². The predicted molar refractivity (Wildman–Crippen MR) is 125 cm³/mol. The van der Waals surface area contributed by atoms with Crippen LogP contribution in [0.2, 0.25) is 0 Å². The fourth-order valence-electron chi connectivity index (χ4n) is 3.44. The second kappa shape index (κ2) is 10.1. The highest BCUT2D eigenvalue weighted by Gasteiger charge is 2.20. The zero-order valence-electron chi connectivity index (χ0n) is 19.0. The first-order chi connectivity index (χ1) is 15.3. The van der Waals surface area contributed by atoms with E-state index in [2.05, 4.69) is 21.8 Å². The molecule has 32 heavy (non-hydrogen) atoms. The number of benzene rings is 2. The molecule has 1 aromatic heterocycles. The second-order valence-electron chi connectivity index (χ2n) is 7.75. The van der Waals surface area contributed by atoms with Crippen molar-refractivity contribution in [1.29, 1.82) is 0 Å². The lowest BCUT2D eigenvalue weighted by atomic mass is 10.2. The summed E-state index contributed by atoms with van der Waals surface area (Å²) < 4.78 is 33.5. The Hall–Kier alpha value is -2.91. The van der Waals surface area contributed by atoms with Crippen molar-refractivity contribution in [2.24, 2.45) is 0 Å². The van der Waals surface area contributed by atoms with E-state index < -0.39 is 10.0 Å². The van der Waals surface area contributed by atoms with Gasteiger partial charge in [0.1, 0.15) is 11.6 Å². The fraction of sp³-hybridized carbons (Fsp3) is 0.391. The Morgan fingerprint density at radius 2 is 1.97 bits per heavy atom. The normalized spacial score (nSPS) is 11.8. The average molecular weight is 459 g/mol. The smallest absolute Gasteiger partial charge is 0.242 e. The summed E-state index contributed by atoms with van der Waals surface area (Å²) in [7, 11) is 1.05. The molecule has 1 N–H and O–H groups in total. The highest BCUT2D eigenvalue weighted by molar-refractivity contribution is 7.89. The third-order valence-corrected chi connectivity index (χ3v) is 7.05. The maximum atomic E-state index is 12.5. The van der Waals surface area contributed by atoms with E-state index in [1.807, 2.05) is 18.2 Å². The van der Waals surface area contributed by atoms with E-state index >= 15 is 0 Å². The number of hydrogen-bond acceptors (Lipinski definition) is 5. The Labute approximate surface area is 189 Å². The van der Waals surface area contributed by atoms with Gasteiger partial charge < -0.3 is 14.6 Å². The van der Waals surface area contributed by atoms with Crippen LogP contribution in [-0.4, -0.2) is 49.4 Å². The number of carbonyl (C=O) groups excluding carboxylic acids is 1. The summed E-state index contributed by atoms with van der Waals surface area (Å²) in [5.41, 5.74) is 2.17. The summed E-state index contributed by atoms with van der Waals surface area (Å²) in [6, 6.07) is 12.2. The minimum Gasteiger partial charge on any atom is -0.497 e. The van der Waals surface area contributed by atoms with Gasteiger partial charge in [-0.15, -0.1) is 0 Å². The Kier molecular flexibility index (Phi) is 7.52. The molecule has 0 aliphatic carbocycles. The van der Waals surface area contributed by atoms with E-state index in [9.17, 15) is 13.2 Å². The molecule has 172 valence electrons. The van der Waals surface area contributed by atoms with E-state index in [0.717, 1.165) is 30.7 Å². The van der Waals surface area contributed by atoms with Crippen LogP contribution in [0.1, 0.15) is 32.0 Å². The number of fused-ring (bicyclic) bond motifs is 1. The van der Waals surface area contributed by atoms with Gasteiger partial charge in [-0.05, 0) is 36.8 Å². The summed E-state index contributed by atoms with van der Waals surface area (Å²) in [6.45, 7) is 2.88. The van der Waals surface area contributed by atoms with Crippen molar-refractivity contribution in [3.8, 4) is 5.75 Å². The molecule has 8 nitrogen and oxygen atoms in total. The van der Waals surface area contributed by atoms with Gasteiger partial charge in [0.05, 0.1) is 23.0 Å². The lowest BCUT2D eigenvalue weighted by Crippen LogP contribution is -2.22. The predicted octanol–water partition coefficient (Wildman–Crippen LogP) is 3.67. The molecule has 0 aliphatic heterocycles. The molecule has 0 unspecified atom stereocenters.